The minimum absolute atomic E-state index is 0. The Hall–Kier alpha value is -0.890. The summed E-state index contributed by atoms with van der Waals surface area (Å²) in [5.41, 5.74) is 1.29. The molecule has 0 heterocycles. The topological polar surface area (TPSA) is 39.7 Å². The van der Waals surface area contributed by atoms with E-state index in [2.05, 4.69) is 48.5 Å². The van der Waals surface area contributed by atoms with Crippen molar-refractivity contribution in [1.82, 2.24) is 15.5 Å². The van der Waals surface area contributed by atoms with E-state index in [1.807, 2.05) is 6.07 Å². The molecular formula is C19H32FIN4. The number of nitrogens with zero attached hydrogens (tertiary/aromatic N) is 2. The Labute approximate surface area is 168 Å². The molecule has 1 aliphatic rings. The van der Waals surface area contributed by atoms with Crippen molar-refractivity contribution in [2.24, 2.45) is 10.4 Å². The van der Waals surface area contributed by atoms with E-state index in [9.17, 15) is 4.39 Å². The molecule has 1 aliphatic carbocycles. The lowest BCUT2D eigenvalue weighted by Gasteiger charge is -2.29. The van der Waals surface area contributed by atoms with Gasteiger partial charge in [-0.05, 0) is 50.0 Å². The van der Waals surface area contributed by atoms with Crippen molar-refractivity contribution in [3.8, 4) is 0 Å². The van der Waals surface area contributed by atoms with Crippen LogP contribution < -0.4 is 10.6 Å². The van der Waals surface area contributed by atoms with E-state index in [1.54, 1.807) is 19.2 Å². The van der Waals surface area contributed by atoms with Crippen LogP contribution in [0.1, 0.15) is 32.3 Å². The Morgan fingerprint density at radius 2 is 1.96 bits per heavy atom. The number of hydrogen-bond donors (Lipinski definition) is 2. The van der Waals surface area contributed by atoms with Gasteiger partial charge in [-0.25, -0.2) is 4.39 Å². The van der Waals surface area contributed by atoms with Gasteiger partial charge in [0, 0.05) is 32.1 Å². The van der Waals surface area contributed by atoms with E-state index >= 15 is 0 Å². The average molecular weight is 462 g/mol. The molecule has 4 nitrogen and oxygen atoms in total. The van der Waals surface area contributed by atoms with E-state index in [0.29, 0.717) is 0 Å². The van der Waals surface area contributed by atoms with Gasteiger partial charge in [0.15, 0.2) is 5.96 Å². The molecule has 1 saturated carbocycles. The third kappa shape index (κ3) is 6.73. The van der Waals surface area contributed by atoms with Gasteiger partial charge in [0.1, 0.15) is 5.82 Å². The zero-order valence-electron chi connectivity index (χ0n) is 16.0. The lowest BCUT2D eigenvalue weighted by atomic mass is 9.93. The van der Waals surface area contributed by atoms with Crippen LogP contribution in [0.15, 0.2) is 29.3 Å². The first-order valence-corrected chi connectivity index (χ1v) is 8.62. The maximum Gasteiger partial charge on any atom is 0.191 e. The van der Waals surface area contributed by atoms with Crippen molar-refractivity contribution in [3.05, 3.63) is 35.6 Å². The monoisotopic (exact) mass is 462 g/mol. The van der Waals surface area contributed by atoms with Gasteiger partial charge in [-0.3, -0.25) is 4.99 Å². The van der Waals surface area contributed by atoms with Crippen molar-refractivity contribution in [2.45, 2.75) is 32.1 Å². The van der Waals surface area contributed by atoms with Crippen LogP contribution >= 0.6 is 24.0 Å². The van der Waals surface area contributed by atoms with Crippen LogP contribution in [0.5, 0.6) is 0 Å². The lowest BCUT2D eigenvalue weighted by molar-refractivity contribution is 0.241. The van der Waals surface area contributed by atoms with Crippen LogP contribution in [0.4, 0.5) is 4.39 Å². The third-order valence-electron chi connectivity index (χ3n) is 4.59. The van der Waals surface area contributed by atoms with Gasteiger partial charge in [0.05, 0.1) is 0 Å². The molecule has 0 unspecified atom stereocenters. The van der Waals surface area contributed by atoms with Gasteiger partial charge in [-0.1, -0.05) is 26.0 Å². The minimum atomic E-state index is -0.160. The first-order chi connectivity index (χ1) is 11.3. The maximum absolute atomic E-state index is 13.5. The Bertz CT molecular complexity index is 583. The second-order valence-electron chi connectivity index (χ2n) is 7.97. The predicted octanol–water partition coefficient (Wildman–Crippen LogP) is 3.23. The summed E-state index contributed by atoms with van der Waals surface area (Å²) in [6, 6.07) is 6.97. The summed E-state index contributed by atoms with van der Waals surface area (Å²) < 4.78 is 13.5. The summed E-state index contributed by atoms with van der Waals surface area (Å²) in [5, 5.41) is 6.84. The number of nitrogens with one attached hydrogen (secondary N) is 2. The van der Waals surface area contributed by atoms with Crippen molar-refractivity contribution in [2.75, 3.05) is 40.8 Å². The molecule has 6 heteroatoms. The summed E-state index contributed by atoms with van der Waals surface area (Å²) in [6.07, 6.45) is 2.18. The molecule has 0 aromatic heterocycles. The highest BCUT2D eigenvalue weighted by molar-refractivity contribution is 14.0. The molecule has 0 amide bonds. The summed E-state index contributed by atoms with van der Waals surface area (Å²) in [5.74, 6) is 0.649. The van der Waals surface area contributed by atoms with Gasteiger partial charge in [0.25, 0.3) is 0 Å². The second-order valence-corrected chi connectivity index (χ2v) is 7.97. The highest BCUT2D eigenvalue weighted by Gasteiger charge is 2.44. The maximum atomic E-state index is 13.5. The lowest BCUT2D eigenvalue weighted by Crippen LogP contribution is -2.46. The third-order valence-corrected chi connectivity index (χ3v) is 4.59. The fourth-order valence-electron chi connectivity index (χ4n) is 3.25. The molecule has 0 spiro atoms. The molecule has 0 bridgehead atoms. The number of rotatable bonds is 7. The quantitative estimate of drug-likeness (QED) is 0.372. The summed E-state index contributed by atoms with van der Waals surface area (Å²) in [6.45, 7) is 7.11. The first-order valence-electron chi connectivity index (χ1n) is 8.62. The van der Waals surface area contributed by atoms with E-state index in [1.165, 1.54) is 6.07 Å². The van der Waals surface area contributed by atoms with Gasteiger partial charge in [0.2, 0.25) is 0 Å². The number of guanidine groups is 1. The Morgan fingerprint density at radius 3 is 2.48 bits per heavy atom. The smallest absolute Gasteiger partial charge is 0.191 e. The standard InChI is InChI=1S/C19H31FN4.HI/c1-18(2,14-24(4)5)12-22-17(21-3)23-13-19(9-10-19)15-7-6-8-16(20)11-15;/h6-8,11H,9-10,12-14H2,1-5H3,(H2,21,22,23);1H. The molecule has 0 radical (unpaired) electrons. The predicted molar refractivity (Wildman–Crippen MR) is 114 cm³/mol. The van der Waals surface area contributed by atoms with Crippen LogP contribution in [0, 0.1) is 11.2 Å². The van der Waals surface area contributed by atoms with Gasteiger partial charge < -0.3 is 15.5 Å². The Kier molecular flexibility index (Phi) is 8.12. The summed E-state index contributed by atoms with van der Waals surface area (Å²) in [7, 11) is 5.96. The van der Waals surface area contributed by atoms with Gasteiger partial charge in [-0.15, -0.1) is 24.0 Å². The zero-order chi connectivity index (χ0) is 17.8. The molecular weight excluding hydrogens is 430 g/mol. The molecule has 2 rings (SSSR count). The highest BCUT2D eigenvalue weighted by atomic mass is 127. The molecule has 1 aromatic carbocycles. The number of aliphatic imine (C=N–C) groups is 1. The number of halogens is 2. The van der Waals surface area contributed by atoms with Crippen molar-refractivity contribution in [1.29, 1.82) is 0 Å². The van der Waals surface area contributed by atoms with Crippen molar-refractivity contribution >= 4 is 29.9 Å². The van der Waals surface area contributed by atoms with Crippen LogP contribution in [-0.2, 0) is 5.41 Å². The molecule has 142 valence electrons. The summed E-state index contributed by atoms with van der Waals surface area (Å²) >= 11 is 0. The SMILES string of the molecule is CN=C(NCC(C)(C)CN(C)C)NCC1(c2cccc(F)c2)CC1.I. The van der Waals surface area contributed by atoms with Crippen molar-refractivity contribution < 1.29 is 4.39 Å². The van der Waals surface area contributed by atoms with Gasteiger partial charge in [-0.2, -0.15) is 0 Å². The van der Waals surface area contributed by atoms with Crippen LogP contribution in [0.3, 0.4) is 0 Å². The molecule has 25 heavy (non-hydrogen) atoms. The average Bonchev–Trinajstić information content (AvgIpc) is 3.27. The second kappa shape index (κ2) is 9.16. The number of benzene rings is 1. The van der Waals surface area contributed by atoms with Crippen LogP contribution in [0.2, 0.25) is 0 Å². The minimum Gasteiger partial charge on any atom is -0.356 e. The normalized spacial score (nSPS) is 16.4. The van der Waals surface area contributed by atoms with Gasteiger partial charge >= 0.3 is 0 Å². The van der Waals surface area contributed by atoms with Crippen LogP contribution in [0.25, 0.3) is 0 Å². The van der Waals surface area contributed by atoms with Crippen molar-refractivity contribution in [3.63, 3.8) is 0 Å². The largest absolute Gasteiger partial charge is 0.356 e. The van der Waals surface area contributed by atoms with E-state index < -0.39 is 0 Å². The molecule has 2 N–H and O–H groups in total. The fourth-order valence-corrected chi connectivity index (χ4v) is 3.25. The zero-order valence-corrected chi connectivity index (χ0v) is 18.4. The Balaban J connectivity index is 0.00000312. The first kappa shape index (κ1) is 22.2. The molecule has 0 aliphatic heterocycles. The Morgan fingerprint density at radius 1 is 1.28 bits per heavy atom. The molecule has 1 fully saturated rings. The number of hydrogen-bond acceptors (Lipinski definition) is 2. The fraction of sp³-hybridized carbons (Fsp3) is 0.632. The van der Waals surface area contributed by atoms with E-state index in [-0.39, 0.29) is 40.6 Å². The molecule has 1 aromatic rings. The van der Waals surface area contributed by atoms with Crippen LogP contribution in [-0.4, -0.2) is 51.6 Å². The van der Waals surface area contributed by atoms with E-state index in [0.717, 1.165) is 44.0 Å². The molecule has 0 saturated heterocycles. The molecule has 0 atom stereocenters. The van der Waals surface area contributed by atoms with E-state index in [4.69, 9.17) is 0 Å². The highest BCUT2D eigenvalue weighted by Crippen LogP contribution is 2.47. The summed E-state index contributed by atoms with van der Waals surface area (Å²) in [4.78, 5) is 6.51.